The van der Waals surface area contributed by atoms with Gasteiger partial charge in [-0.15, -0.1) is 0 Å². The van der Waals surface area contributed by atoms with E-state index in [-0.39, 0.29) is 30.4 Å². The summed E-state index contributed by atoms with van der Waals surface area (Å²) < 4.78 is 5.44. The van der Waals surface area contributed by atoms with Gasteiger partial charge in [-0.2, -0.15) is 0 Å². The van der Waals surface area contributed by atoms with E-state index in [9.17, 15) is 14.4 Å². The molecule has 8 heteroatoms. The molecule has 3 rings (SSSR count). The molecular formula is C17H14ClN3O4. The smallest absolute Gasteiger partial charge is 0.265 e. The molecule has 0 aromatic heterocycles. The minimum Gasteiger partial charge on any atom is -0.483 e. The summed E-state index contributed by atoms with van der Waals surface area (Å²) in [6, 6.07) is 11.3. The highest BCUT2D eigenvalue weighted by atomic mass is 35.5. The largest absolute Gasteiger partial charge is 0.483 e. The van der Waals surface area contributed by atoms with Crippen LogP contribution in [0.1, 0.15) is 10.4 Å². The topological polar surface area (TPSA) is 102 Å². The predicted octanol–water partition coefficient (Wildman–Crippen LogP) is 1.80. The van der Waals surface area contributed by atoms with Gasteiger partial charge in [0, 0.05) is 5.02 Å². The van der Waals surface area contributed by atoms with Gasteiger partial charge in [-0.3, -0.25) is 19.3 Å². The van der Waals surface area contributed by atoms with Crippen molar-refractivity contribution < 1.29 is 19.1 Å². The van der Waals surface area contributed by atoms with Crippen molar-refractivity contribution in [1.29, 1.82) is 0 Å². The number of para-hydroxylation sites is 2. The molecule has 3 N–H and O–H groups in total. The maximum absolute atomic E-state index is 12.5. The molecule has 3 amide bonds. The first-order valence-corrected chi connectivity index (χ1v) is 7.75. The second kappa shape index (κ2) is 6.82. The Hall–Kier alpha value is -3.06. The number of ether oxygens (including phenoxy) is 1. The molecule has 1 heterocycles. The zero-order valence-corrected chi connectivity index (χ0v) is 13.7. The minimum atomic E-state index is -0.715. The van der Waals surface area contributed by atoms with Crippen molar-refractivity contribution in [3.05, 3.63) is 53.1 Å². The number of nitrogens with two attached hydrogens (primary N) is 1. The fourth-order valence-electron chi connectivity index (χ4n) is 2.49. The van der Waals surface area contributed by atoms with Crippen LogP contribution in [-0.2, 0) is 9.59 Å². The number of carbonyl (C=O) groups excluding carboxylic acids is 3. The average molecular weight is 360 g/mol. The van der Waals surface area contributed by atoms with Gasteiger partial charge < -0.3 is 15.8 Å². The number of benzene rings is 2. The number of rotatable bonds is 4. The Labute approximate surface area is 148 Å². The quantitative estimate of drug-likeness (QED) is 0.869. The van der Waals surface area contributed by atoms with Gasteiger partial charge >= 0.3 is 0 Å². The number of hydrogen-bond donors (Lipinski definition) is 2. The van der Waals surface area contributed by atoms with Crippen LogP contribution in [0.3, 0.4) is 0 Å². The Morgan fingerprint density at radius 3 is 2.76 bits per heavy atom. The van der Waals surface area contributed by atoms with E-state index in [2.05, 4.69) is 5.32 Å². The fourth-order valence-corrected chi connectivity index (χ4v) is 2.67. The summed E-state index contributed by atoms with van der Waals surface area (Å²) in [5.74, 6) is -1.28. The number of anilines is 2. The Morgan fingerprint density at radius 2 is 2.00 bits per heavy atom. The summed E-state index contributed by atoms with van der Waals surface area (Å²) in [5, 5.41) is 3.03. The van der Waals surface area contributed by atoms with Crippen molar-refractivity contribution in [2.75, 3.05) is 23.4 Å². The molecule has 128 valence electrons. The van der Waals surface area contributed by atoms with Crippen molar-refractivity contribution >= 4 is 40.7 Å². The van der Waals surface area contributed by atoms with Crippen LogP contribution in [0.5, 0.6) is 5.75 Å². The molecule has 0 fully saturated rings. The molecule has 0 saturated carbocycles. The molecule has 25 heavy (non-hydrogen) atoms. The summed E-state index contributed by atoms with van der Waals surface area (Å²) in [6.45, 7) is -0.466. The lowest BCUT2D eigenvalue weighted by molar-refractivity contribution is -0.123. The van der Waals surface area contributed by atoms with Gasteiger partial charge in [-0.25, -0.2) is 0 Å². The van der Waals surface area contributed by atoms with Crippen molar-refractivity contribution in [2.45, 2.75) is 0 Å². The van der Waals surface area contributed by atoms with Crippen LogP contribution >= 0.6 is 11.6 Å². The van der Waals surface area contributed by atoms with E-state index in [0.29, 0.717) is 16.4 Å². The Morgan fingerprint density at radius 1 is 1.24 bits per heavy atom. The molecule has 1 aliphatic rings. The number of nitrogens with one attached hydrogen (secondary N) is 1. The van der Waals surface area contributed by atoms with E-state index in [4.69, 9.17) is 22.1 Å². The van der Waals surface area contributed by atoms with Crippen LogP contribution in [0.2, 0.25) is 5.02 Å². The summed E-state index contributed by atoms with van der Waals surface area (Å²) in [7, 11) is 0. The highest BCUT2D eigenvalue weighted by Gasteiger charge is 2.27. The number of fused-ring (bicyclic) bond motifs is 1. The highest BCUT2D eigenvalue weighted by Crippen LogP contribution is 2.29. The summed E-state index contributed by atoms with van der Waals surface area (Å²) in [6.07, 6.45) is 0. The molecule has 0 bridgehead atoms. The van der Waals surface area contributed by atoms with E-state index < -0.39 is 11.8 Å². The Bertz CT molecular complexity index is 869. The molecule has 0 radical (unpaired) electrons. The molecule has 0 unspecified atom stereocenters. The van der Waals surface area contributed by atoms with Gasteiger partial charge in [0.2, 0.25) is 5.91 Å². The average Bonchev–Trinajstić information content (AvgIpc) is 2.59. The van der Waals surface area contributed by atoms with Gasteiger partial charge in [0.15, 0.2) is 6.61 Å². The summed E-state index contributed by atoms with van der Waals surface area (Å²) >= 11 is 5.83. The molecule has 0 spiro atoms. The number of amides is 3. The highest BCUT2D eigenvalue weighted by molar-refractivity contribution is 6.31. The molecule has 7 nitrogen and oxygen atoms in total. The molecule has 0 atom stereocenters. The van der Waals surface area contributed by atoms with E-state index in [0.717, 1.165) is 0 Å². The number of carbonyl (C=O) groups is 3. The van der Waals surface area contributed by atoms with Crippen molar-refractivity contribution in [1.82, 2.24) is 0 Å². The molecular weight excluding hydrogens is 346 g/mol. The van der Waals surface area contributed by atoms with Crippen LogP contribution in [0.4, 0.5) is 11.4 Å². The zero-order chi connectivity index (χ0) is 18.0. The van der Waals surface area contributed by atoms with E-state index in [1.54, 1.807) is 24.3 Å². The maximum atomic E-state index is 12.5. The van der Waals surface area contributed by atoms with Crippen LogP contribution < -0.4 is 20.7 Å². The van der Waals surface area contributed by atoms with Crippen LogP contribution in [-0.4, -0.2) is 30.9 Å². The second-order valence-electron chi connectivity index (χ2n) is 5.34. The van der Waals surface area contributed by atoms with Crippen LogP contribution in [0.25, 0.3) is 0 Å². The SMILES string of the molecule is NC(=O)c1cc(Cl)ccc1OCC(=O)N1CC(=O)Nc2ccccc21. The number of primary amides is 1. The van der Waals surface area contributed by atoms with Gasteiger partial charge in [-0.05, 0) is 30.3 Å². The molecule has 2 aromatic rings. The zero-order valence-electron chi connectivity index (χ0n) is 13.0. The third-order valence-corrected chi connectivity index (χ3v) is 3.87. The first-order chi connectivity index (χ1) is 12.0. The molecule has 0 aliphatic carbocycles. The van der Waals surface area contributed by atoms with E-state index in [1.807, 2.05) is 0 Å². The number of hydrogen-bond acceptors (Lipinski definition) is 4. The lowest BCUT2D eigenvalue weighted by atomic mass is 10.2. The molecule has 2 aromatic carbocycles. The summed E-state index contributed by atoms with van der Waals surface area (Å²) in [4.78, 5) is 37.1. The van der Waals surface area contributed by atoms with Gasteiger partial charge in [-0.1, -0.05) is 23.7 Å². The van der Waals surface area contributed by atoms with Crippen molar-refractivity contribution in [3.63, 3.8) is 0 Å². The van der Waals surface area contributed by atoms with Gasteiger partial charge in [0.1, 0.15) is 12.3 Å². The monoisotopic (exact) mass is 359 g/mol. The van der Waals surface area contributed by atoms with Crippen molar-refractivity contribution in [3.8, 4) is 5.75 Å². The van der Waals surface area contributed by atoms with E-state index in [1.165, 1.54) is 23.1 Å². The minimum absolute atomic E-state index is 0.0806. The normalized spacial score (nSPS) is 13.0. The van der Waals surface area contributed by atoms with E-state index >= 15 is 0 Å². The van der Waals surface area contributed by atoms with Gasteiger partial charge in [0.05, 0.1) is 16.9 Å². The molecule has 0 saturated heterocycles. The van der Waals surface area contributed by atoms with Crippen molar-refractivity contribution in [2.24, 2.45) is 5.73 Å². The third-order valence-electron chi connectivity index (χ3n) is 3.63. The number of halogens is 1. The first kappa shape index (κ1) is 16.8. The van der Waals surface area contributed by atoms with Gasteiger partial charge in [0.25, 0.3) is 11.8 Å². The first-order valence-electron chi connectivity index (χ1n) is 7.37. The standard InChI is InChI=1S/C17H14ClN3O4/c18-10-5-6-14(11(7-10)17(19)24)25-9-16(23)21-8-15(22)20-12-3-1-2-4-13(12)21/h1-7H,8-9H2,(H2,19,24)(H,20,22). The van der Waals surface area contributed by atoms with Crippen LogP contribution in [0, 0.1) is 0 Å². The summed E-state index contributed by atoms with van der Waals surface area (Å²) in [5.41, 5.74) is 6.51. The lowest BCUT2D eigenvalue weighted by Gasteiger charge is -2.29. The number of nitrogens with zero attached hydrogens (tertiary/aromatic N) is 1. The maximum Gasteiger partial charge on any atom is 0.265 e. The van der Waals surface area contributed by atoms with Crippen LogP contribution in [0.15, 0.2) is 42.5 Å². The lowest BCUT2D eigenvalue weighted by Crippen LogP contribution is -2.44. The second-order valence-corrected chi connectivity index (χ2v) is 5.78. The Balaban J connectivity index is 1.78. The Kier molecular flexibility index (Phi) is 4.58. The molecule has 1 aliphatic heterocycles. The third kappa shape index (κ3) is 3.56. The predicted molar refractivity (Wildman–Crippen MR) is 92.9 cm³/mol. The fraction of sp³-hybridized carbons (Fsp3) is 0.118.